The summed E-state index contributed by atoms with van der Waals surface area (Å²) in [5, 5.41) is 11.8. The normalized spacial score (nSPS) is 14.4. The number of non-ortho nitro benzene ring substituents is 1. The van der Waals surface area contributed by atoms with Gasteiger partial charge in [0.15, 0.2) is 9.47 Å². The van der Waals surface area contributed by atoms with Gasteiger partial charge in [-0.05, 0) is 24.3 Å². The molecule has 1 aliphatic rings. The lowest BCUT2D eigenvalue weighted by atomic mass is 10.3. The van der Waals surface area contributed by atoms with E-state index in [1.807, 2.05) is 23.1 Å². The van der Waals surface area contributed by atoms with Crippen molar-refractivity contribution in [3.63, 3.8) is 0 Å². The van der Waals surface area contributed by atoms with Crippen LogP contribution in [0.5, 0.6) is 0 Å². The van der Waals surface area contributed by atoms with E-state index >= 15 is 0 Å². The number of amides is 1. The van der Waals surface area contributed by atoms with Crippen molar-refractivity contribution in [3.8, 4) is 0 Å². The van der Waals surface area contributed by atoms with E-state index in [9.17, 15) is 14.9 Å². The molecular weight excluding hydrogens is 468 g/mol. The smallest absolute Gasteiger partial charge is 0.270 e. The highest BCUT2D eigenvalue weighted by Gasteiger charge is 2.24. The molecule has 9 nitrogen and oxygen atoms in total. The maximum atomic E-state index is 12.7. The van der Waals surface area contributed by atoms with Crippen molar-refractivity contribution in [1.82, 2.24) is 14.9 Å². The zero-order chi connectivity index (χ0) is 22.2. The molecule has 1 saturated heterocycles. The van der Waals surface area contributed by atoms with Crippen LogP contribution in [-0.2, 0) is 4.79 Å². The number of aromatic nitrogens is 2. The number of carbonyl (C=O) groups is 1. The Hall–Kier alpha value is -2.96. The number of thiazole rings is 2. The first-order valence-electron chi connectivity index (χ1n) is 9.83. The zero-order valence-electron chi connectivity index (χ0n) is 16.8. The van der Waals surface area contributed by atoms with Gasteiger partial charge in [-0.25, -0.2) is 9.97 Å². The molecular formula is C20H18N6O3S3. The zero-order valence-corrected chi connectivity index (χ0v) is 19.2. The lowest BCUT2D eigenvalue weighted by Gasteiger charge is -2.34. The van der Waals surface area contributed by atoms with Gasteiger partial charge in [0.05, 0.1) is 31.1 Å². The molecule has 0 atom stereocenters. The van der Waals surface area contributed by atoms with Crippen molar-refractivity contribution in [2.75, 3.05) is 42.6 Å². The molecule has 32 heavy (non-hydrogen) atoms. The molecule has 5 rings (SSSR count). The number of nitro benzene ring substituents is 1. The van der Waals surface area contributed by atoms with Crippen molar-refractivity contribution >= 4 is 77.3 Å². The van der Waals surface area contributed by atoms with Crippen LogP contribution >= 0.6 is 34.4 Å². The van der Waals surface area contributed by atoms with Gasteiger partial charge in [-0.15, -0.1) is 11.3 Å². The summed E-state index contributed by atoms with van der Waals surface area (Å²) in [6.07, 6.45) is 0. The van der Waals surface area contributed by atoms with Gasteiger partial charge in [0, 0.05) is 44.0 Å². The van der Waals surface area contributed by atoms with Crippen LogP contribution in [0.1, 0.15) is 0 Å². The van der Waals surface area contributed by atoms with Gasteiger partial charge in [-0.1, -0.05) is 23.1 Å². The molecule has 0 saturated carbocycles. The number of rotatable bonds is 5. The molecule has 0 radical (unpaired) electrons. The van der Waals surface area contributed by atoms with E-state index in [1.165, 1.54) is 29.2 Å². The summed E-state index contributed by atoms with van der Waals surface area (Å²) in [5.74, 6) is 0.438. The van der Waals surface area contributed by atoms with Crippen molar-refractivity contribution in [2.24, 2.45) is 0 Å². The molecule has 3 heterocycles. The monoisotopic (exact) mass is 486 g/mol. The van der Waals surface area contributed by atoms with Gasteiger partial charge >= 0.3 is 0 Å². The minimum atomic E-state index is -0.398. The standard InChI is InChI=1S/C20H18N6O3S3/c21-12-1-3-15-16(9-12)32-20(23-15)30-11-18(27)24-5-7-25(8-6-24)19-22-14-4-2-13(26(28)29)10-17(14)31-19/h1-4,9-10H,5-8,11,21H2. The number of piperazine rings is 1. The molecule has 2 aromatic heterocycles. The van der Waals surface area contributed by atoms with Crippen molar-refractivity contribution < 1.29 is 9.72 Å². The molecule has 12 heteroatoms. The number of fused-ring (bicyclic) bond motifs is 2. The van der Waals surface area contributed by atoms with E-state index in [2.05, 4.69) is 14.9 Å². The van der Waals surface area contributed by atoms with Gasteiger partial charge in [0.2, 0.25) is 5.91 Å². The second-order valence-electron chi connectivity index (χ2n) is 7.27. The minimum Gasteiger partial charge on any atom is -0.399 e. The number of carbonyl (C=O) groups excluding carboxylic acids is 1. The first-order valence-corrected chi connectivity index (χ1v) is 12.4. The Kier molecular flexibility index (Phi) is 5.57. The van der Waals surface area contributed by atoms with Gasteiger partial charge < -0.3 is 15.5 Å². The molecule has 0 spiro atoms. The molecule has 4 aromatic rings. The van der Waals surface area contributed by atoms with Gasteiger partial charge in [0.1, 0.15) is 0 Å². The number of nitro groups is 1. The minimum absolute atomic E-state index is 0.0669. The Bertz CT molecular complexity index is 1330. The molecule has 1 aliphatic heterocycles. The lowest BCUT2D eigenvalue weighted by Crippen LogP contribution is -2.49. The molecule has 1 amide bonds. The Morgan fingerprint density at radius 3 is 2.56 bits per heavy atom. The highest BCUT2D eigenvalue weighted by Crippen LogP contribution is 2.33. The number of hydrogen-bond acceptors (Lipinski definition) is 10. The fourth-order valence-electron chi connectivity index (χ4n) is 3.49. The van der Waals surface area contributed by atoms with Crippen LogP contribution in [0.3, 0.4) is 0 Å². The van der Waals surface area contributed by atoms with Gasteiger partial charge in [0.25, 0.3) is 5.69 Å². The van der Waals surface area contributed by atoms with Crippen molar-refractivity contribution in [1.29, 1.82) is 0 Å². The number of hydrogen-bond donors (Lipinski definition) is 1. The van der Waals surface area contributed by atoms with E-state index in [0.29, 0.717) is 37.6 Å². The highest BCUT2D eigenvalue weighted by atomic mass is 32.2. The van der Waals surface area contributed by atoms with E-state index in [-0.39, 0.29) is 11.6 Å². The van der Waals surface area contributed by atoms with Crippen molar-refractivity contribution in [3.05, 3.63) is 46.5 Å². The van der Waals surface area contributed by atoms with E-state index in [4.69, 9.17) is 5.73 Å². The number of nitrogens with two attached hydrogens (primary N) is 1. The van der Waals surface area contributed by atoms with Crippen molar-refractivity contribution in [2.45, 2.75) is 4.34 Å². The quantitative estimate of drug-likeness (QED) is 0.196. The third-order valence-corrected chi connectivity index (χ3v) is 8.41. The summed E-state index contributed by atoms with van der Waals surface area (Å²) < 4.78 is 2.68. The maximum absolute atomic E-state index is 12.7. The number of thioether (sulfide) groups is 1. The number of anilines is 2. The predicted octanol–water partition coefficient (Wildman–Crippen LogP) is 3.84. The molecule has 0 aliphatic carbocycles. The third-order valence-electron chi connectivity index (χ3n) is 5.19. The fourth-order valence-corrected chi connectivity index (χ4v) is 6.56. The van der Waals surface area contributed by atoms with Crippen LogP contribution in [-0.4, -0.2) is 57.6 Å². The van der Waals surface area contributed by atoms with Crippen LogP contribution in [0.25, 0.3) is 20.4 Å². The van der Waals surface area contributed by atoms with Crippen LogP contribution < -0.4 is 10.6 Å². The lowest BCUT2D eigenvalue weighted by molar-refractivity contribution is -0.384. The molecule has 2 aromatic carbocycles. The average molecular weight is 487 g/mol. The first-order chi connectivity index (χ1) is 15.5. The molecule has 164 valence electrons. The third kappa shape index (κ3) is 4.20. The predicted molar refractivity (Wildman–Crippen MR) is 130 cm³/mol. The average Bonchev–Trinajstić information content (AvgIpc) is 3.40. The number of benzene rings is 2. The van der Waals surface area contributed by atoms with Crippen LogP contribution in [0, 0.1) is 10.1 Å². The number of nitrogen functional groups attached to an aromatic ring is 1. The van der Waals surface area contributed by atoms with E-state index in [0.717, 1.165) is 29.9 Å². The van der Waals surface area contributed by atoms with Crippen LogP contribution in [0.4, 0.5) is 16.5 Å². The summed E-state index contributed by atoms with van der Waals surface area (Å²) in [4.78, 5) is 36.4. The van der Waals surface area contributed by atoms with Gasteiger partial charge in [-0.2, -0.15) is 0 Å². The highest BCUT2D eigenvalue weighted by molar-refractivity contribution is 8.01. The molecule has 0 bridgehead atoms. The Morgan fingerprint density at radius 1 is 1.06 bits per heavy atom. The summed E-state index contributed by atoms with van der Waals surface area (Å²) in [6, 6.07) is 10.3. The largest absolute Gasteiger partial charge is 0.399 e. The Labute approximate surface area is 195 Å². The maximum Gasteiger partial charge on any atom is 0.270 e. The second-order valence-corrected chi connectivity index (χ2v) is 10.5. The SMILES string of the molecule is Nc1ccc2nc(SCC(=O)N3CCN(c4nc5ccc([N+](=O)[O-])cc5s4)CC3)sc2c1. The Balaban J connectivity index is 1.18. The topological polar surface area (TPSA) is 118 Å². The summed E-state index contributed by atoms with van der Waals surface area (Å²) in [5.41, 5.74) is 8.25. The van der Waals surface area contributed by atoms with E-state index in [1.54, 1.807) is 23.5 Å². The van der Waals surface area contributed by atoms with Crippen LogP contribution in [0.15, 0.2) is 40.7 Å². The number of nitrogens with zero attached hydrogens (tertiary/aromatic N) is 5. The van der Waals surface area contributed by atoms with E-state index < -0.39 is 4.92 Å². The summed E-state index contributed by atoms with van der Waals surface area (Å²) in [6.45, 7) is 2.59. The second kappa shape index (κ2) is 8.52. The van der Waals surface area contributed by atoms with Gasteiger partial charge in [-0.3, -0.25) is 14.9 Å². The summed E-state index contributed by atoms with van der Waals surface area (Å²) >= 11 is 4.44. The first kappa shape index (κ1) is 20.9. The van der Waals surface area contributed by atoms with Crippen LogP contribution in [0.2, 0.25) is 0 Å². The Morgan fingerprint density at radius 2 is 1.78 bits per heavy atom. The summed E-state index contributed by atoms with van der Waals surface area (Å²) in [7, 11) is 0. The molecule has 0 unspecified atom stereocenters. The molecule has 1 fully saturated rings. The fraction of sp³-hybridized carbons (Fsp3) is 0.250. The molecule has 2 N–H and O–H groups in total.